The molecule has 0 aliphatic carbocycles. The molecule has 3 rings (SSSR count). The highest BCUT2D eigenvalue weighted by molar-refractivity contribution is 6.30. The zero-order chi connectivity index (χ0) is 15.4. The van der Waals surface area contributed by atoms with Crippen LogP contribution in [0.5, 0.6) is 0 Å². The largest absolute Gasteiger partial charge is 0.382 e. The Morgan fingerprint density at radius 1 is 1.18 bits per heavy atom. The van der Waals surface area contributed by atoms with Crippen molar-refractivity contribution in [2.45, 2.75) is 12.5 Å². The number of rotatable bonds is 4. The first kappa shape index (κ1) is 14.4. The summed E-state index contributed by atoms with van der Waals surface area (Å²) < 4.78 is 0. The van der Waals surface area contributed by atoms with Crippen molar-refractivity contribution < 1.29 is 9.63 Å². The number of hydrogen-bond acceptors (Lipinski definition) is 4. The Morgan fingerprint density at radius 2 is 2.00 bits per heavy atom. The van der Waals surface area contributed by atoms with Gasteiger partial charge in [0.05, 0.1) is 11.4 Å². The van der Waals surface area contributed by atoms with Crippen molar-refractivity contribution in [1.82, 2.24) is 5.43 Å². The van der Waals surface area contributed by atoms with E-state index < -0.39 is 6.10 Å². The predicted octanol–water partition coefficient (Wildman–Crippen LogP) is 2.98. The average Bonchev–Trinajstić information content (AvgIpc) is 3.04. The van der Waals surface area contributed by atoms with Gasteiger partial charge in [0.1, 0.15) is 0 Å². The SMILES string of the molecule is O=C(NNc1cccc(Cl)c1)[C@H]1CC(c2ccccc2)=NO1. The number of hydrazine groups is 1. The van der Waals surface area contributed by atoms with Crippen LogP contribution >= 0.6 is 11.6 Å². The molecule has 1 aliphatic heterocycles. The van der Waals surface area contributed by atoms with Crippen molar-refractivity contribution in [1.29, 1.82) is 0 Å². The van der Waals surface area contributed by atoms with Gasteiger partial charge >= 0.3 is 0 Å². The molecule has 1 atom stereocenters. The van der Waals surface area contributed by atoms with Gasteiger partial charge in [-0.25, -0.2) is 0 Å². The van der Waals surface area contributed by atoms with Crippen LogP contribution in [-0.2, 0) is 9.63 Å². The van der Waals surface area contributed by atoms with Crippen LogP contribution in [0.25, 0.3) is 0 Å². The van der Waals surface area contributed by atoms with Crippen LogP contribution in [0.1, 0.15) is 12.0 Å². The van der Waals surface area contributed by atoms with Crippen LogP contribution in [-0.4, -0.2) is 17.7 Å². The van der Waals surface area contributed by atoms with Gasteiger partial charge in [-0.2, -0.15) is 0 Å². The van der Waals surface area contributed by atoms with Gasteiger partial charge in [0, 0.05) is 11.4 Å². The third kappa shape index (κ3) is 3.38. The molecular formula is C16H14ClN3O2. The summed E-state index contributed by atoms with van der Waals surface area (Å²) in [5.41, 5.74) is 7.82. The van der Waals surface area contributed by atoms with Gasteiger partial charge in [-0.05, 0) is 23.8 Å². The van der Waals surface area contributed by atoms with E-state index in [0.29, 0.717) is 17.1 Å². The molecule has 0 fully saturated rings. The highest BCUT2D eigenvalue weighted by Gasteiger charge is 2.28. The zero-order valence-electron chi connectivity index (χ0n) is 11.6. The van der Waals surface area contributed by atoms with Crippen molar-refractivity contribution in [2.75, 3.05) is 5.43 Å². The molecule has 0 saturated heterocycles. The van der Waals surface area contributed by atoms with Crippen molar-refractivity contribution in [3.8, 4) is 0 Å². The van der Waals surface area contributed by atoms with Crippen LogP contribution in [0.4, 0.5) is 5.69 Å². The first-order valence-corrected chi connectivity index (χ1v) is 7.20. The second-order valence-corrected chi connectivity index (χ2v) is 5.26. The summed E-state index contributed by atoms with van der Waals surface area (Å²) in [6, 6.07) is 16.7. The van der Waals surface area contributed by atoms with Crippen LogP contribution in [0.3, 0.4) is 0 Å². The van der Waals surface area contributed by atoms with Gasteiger partial charge in [-0.1, -0.05) is 53.2 Å². The molecule has 2 N–H and O–H groups in total. The molecule has 5 nitrogen and oxygen atoms in total. The standard InChI is InChI=1S/C16H14ClN3O2/c17-12-7-4-8-13(9-12)18-19-16(21)15-10-14(20-22-15)11-5-2-1-3-6-11/h1-9,15,18H,10H2,(H,19,21)/t15-/m1/s1. The topological polar surface area (TPSA) is 62.7 Å². The lowest BCUT2D eigenvalue weighted by Gasteiger charge is -2.11. The van der Waals surface area contributed by atoms with Crippen LogP contribution in [0.15, 0.2) is 59.8 Å². The molecule has 2 aromatic carbocycles. The maximum absolute atomic E-state index is 12.1. The third-order valence-corrected chi connectivity index (χ3v) is 3.46. The Balaban J connectivity index is 1.55. The Labute approximate surface area is 132 Å². The summed E-state index contributed by atoms with van der Waals surface area (Å²) in [6.45, 7) is 0. The molecule has 0 unspecified atom stereocenters. The molecule has 0 radical (unpaired) electrons. The van der Waals surface area contributed by atoms with Crippen LogP contribution in [0, 0.1) is 0 Å². The van der Waals surface area contributed by atoms with Crippen LogP contribution < -0.4 is 10.9 Å². The minimum atomic E-state index is -0.637. The van der Waals surface area contributed by atoms with E-state index in [4.69, 9.17) is 16.4 Å². The number of nitrogens with zero attached hydrogens (tertiary/aromatic N) is 1. The molecule has 22 heavy (non-hydrogen) atoms. The monoisotopic (exact) mass is 315 g/mol. The summed E-state index contributed by atoms with van der Waals surface area (Å²) in [6.07, 6.45) is -0.200. The summed E-state index contributed by atoms with van der Waals surface area (Å²) in [5.74, 6) is -0.283. The lowest BCUT2D eigenvalue weighted by molar-refractivity contribution is -0.130. The molecule has 0 saturated carbocycles. The number of benzene rings is 2. The number of nitrogens with one attached hydrogen (secondary N) is 2. The number of carbonyl (C=O) groups excluding carboxylic acids is 1. The number of carbonyl (C=O) groups is 1. The van der Waals surface area contributed by atoms with E-state index in [1.807, 2.05) is 30.3 Å². The smallest absolute Gasteiger partial charge is 0.282 e. The van der Waals surface area contributed by atoms with E-state index in [1.165, 1.54) is 0 Å². The summed E-state index contributed by atoms with van der Waals surface area (Å²) >= 11 is 5.88. The molecule has 6 heteroatoms. The Bertz CT molecular complexity index is 704. The van der Waals surface area contributed by atoms with E-state index in [0.717, 1.165) is 11.3 Å². The zero-order valence-corrected chi connectivity index (χ0v) is 12.4. The molecule has 0 spiro atoms. The van der Waals surface area contributed by atoms with Gasteiger partial charge in [0.15, 0.2) is 0 Å². The van der Waals surface area contributed by atoms with Gasteiger partial charge in [-0.15, -0.1) is 0 Å². The summed E-state index contributed by atoms with van der Waals surface area (Å²) in [4.78, 5) is 17.3. The number of hydrogen-bond donors (Lipinski definition) is 2. The van der Waals surface area contributed by atoms with Crippen molar-refractivity contribution in [2.24, 2.45) is 5.16 Å². The predicted molar refractivity (Wildman–Crippen MR) is 85.7 cm³/mol. The fourth-order valence-corrected chi connectivity index (χ4v) is 2.29. The van der Waals surface area contributed by atoms with E-state index in [2.05, 4.69) is 16.0 Å². The van der Waals surface area contributed by atoms with E-state index in [1.54, 1.807) is 24.3 Å². The van der Waals surface area contributed by atoms with Crippen LogP contribution in [0.2, 0.25) is 5.02 Å². The molecule has 1 aliphatic rings. The van der Waals surface area contributed by atoms with Gasteiger partial charge < -0.3 is 4.84 Å². The molecular weight excluding hydrogens is 302 g/mol. The normalized spacial score (nSPS) is 16.6. The maximum atomic E-state index is 12.1. The molecule has 1 heterocycles. The summed E-state index contributed by atoms with van der Waals surface area (Å²) in [5, 5.41) is 4.57. The quantitative estimate of drug-likeness (QED) is 0.853. The van der Waals surface area contributed by atoms with Gasteiger partial charge in [-0.3, -0.25) is 15.6 Å². The maximum Gasteiger partial charge on any atom is 0.282 e. The molecule has 2 aromatic rings. The number of amides is 1. The van der Waals surface area contributed by atoms with Crippen molar-refractivity contribution in [3.63, 3.8) is 0 Å². The highest BCUT2D eigenvalue weighted by atomic mass is 35.5. The second-order valence-electron chi connectivity index (χ2n) is 4.83. The second kappa shape index (κ2) is 6.49. The van der Waals surface area contributed by atoms with Gasteiger partial charge in [0.25, 0.3) is 5.91 Å². The number of oxime groups is 1. The first-order chi connectivity index (χ1) is 10.7. The van der Waals surface area contributed by atoms with Crippen molar-refractivity contribution in [3.05, 3.63) is 65.2 Å². The molecule has 0 aromatic heterocycles. The molecule has 1 amide bonds. The molecule has 112 valence electrons. The van der Waals surface area contributed by atoms with Gasteiger partial charge in [0.2, 0.25) is 6.10 Å². The lowest BCUT2D eigenvalue weighted by Crippen LogP contribution is -2.38. The highest BCUT2D eigenvalue weighted by Crippen LogP contribution is 2.17. The minimum absolute atomic E-state index is 0.283. The Hall–Kier alpha value is -2.53. The lowest BCUT2D eigenvalue weighted by atomic mass is 10.1. The third-order valence-electron chi connectivity index (χ3n) is 3.22. The Kier molecular flexibility index (Phi) is 4.25. The average molecular weight is 316 g/mol. The fraction of sp³-hybridized carbons (Fsp3) is 0.125. The Morgan fingerprint density at radius 3 is 2.77 bits per heavy atom. The number of anilines is 1. The van der Waals surface area contributed by atoms with Crippen molar-refractivity contribution >= 4 is 28.9 Å². The summed E-state index contributed by atoms with van der Waals surface area (Å²) in [7, 11) is 0. The first-order valence-electron chi connectivity index (χ1n) is 6.82. The van der Waals surface area contributed by atoms with E-state index in [9.17, 15) is 4.79 Å². The minimum Gasteiger partial charge on any atom is -0.382 e. The van der Waals surface area contributed by atoms with E-state index >= 15 is 0 Å². The fourth-order valence-electron chi connectivity index (χ4n) is 2.10. The number of halogens is 1. The van der Waals surface area contributed by atoms with E-state index in [-0.39, 0.29) is 5.91 Å². The molecule has 0 bridgehead atoms.